The first kappa shape index (κ1) is 14.1. The number of hydrogen-bond acceptors (Lipinski definition) is 5. The topological polar surface area (TPSA) is 90.1 Å². The molecular weight excluding hydrogens is 256 g/mol. The molecule has 1 atom stereocenters. The monoisotopic (exact) mass is 272 g/mol. The lowest BCUT2D eigenvalue weighted by molar-refractivity contribution is -0.118. The zero-order valence-electron chi connectivity index (χ0n) is 11.1. The third-order valence-corrected chi connectivity index (χ3v) is 2.63. The predicted molar refractivity (Wildman–Crippen MR) is 75.9 cm³/mol. The molecule has 20 heavy (non-hydrogen) atoms. The van der Waals surface area contributed by atoms with E-state index in [9.17, 15) is 4.79 Å². The van der Waals surface area contributed by atoms with Crippen molar-refractivity contribution in [1.82, 2.24) is 9.97 Å². The lowest BCUT2D eigenvalue weighted by atomic mass is 10.2. The van der Waals surface area contributed by atoms with Gasteiger partial charge in [0.15, 0.2) is 5.82 Å². The van der Waals surface area contributed by atoms with Crippen LogP contribution in [0.4, 0.5) is 5.69 Å². The van der Waals surface area contributed by atoms with Gasteiger partial charge in [0.25, 0.3) is 0 Å². The number of nitrogens with zero attached hydrogens (tertiary/aromatic N) is 2. The molecule has 0 spiro atoms. The molecule has 0 bridgehead atoms. The number of anilines is 1. The maximum Gasteiger partial charge on any atom is 0.243 e. The van der Waals surface area contributed by atoms with Gasteiger partial charge in [-0.25, -0.2) is 9.97 Å². The number of aromatic nitrogens is 2. The maximum absolute atomic E-state index is 11.7. The minimum Gasteiger partial charge on any atom is -0.383 e. The van der Waals surface area contributed by atoms with E-state index in [0.29, 0.717) is 11.5 Å². The number of nitrogens with one attached hydrogen (secondary N) is 1. The molecule has 1 unspecified atom stereocenters. The summed E-state index contributed by atoms with van der Waals surface area (Å²) in [6.07, 6.45) is 3.10. The molecule has 0 fully saturated rings. The van der Waals surface area contributed by atoms with E-state index in [-0.39, 0.29) is 12.5 Å². The second-order valence-corrected chi connectivity index (χ2v) is 4.21. The van der Waals surface area contributed by atoms with E-state index in [1.54, 1.807) is 12.4 Å². The molecule has 0 aliphatic heterocycles. The van der Waals surface area contributed by atoms with E-state index in [2.05, 4.69) is 15.3 Å². The second-order valence-electron chi connectivity index (χ2n) is 4.21. The lowest BCUT2D eigenvalue weighted by Gasteiger charge is -2.10. The van der Waals surface area contributed by atoms with Crippen LogP contribution in [0.15, 0.2) is 42.7 Å². The first-order valence-electron chi connectivity index (χ1n) is 6.13. The van der Waals surface area contributed by atoms with Gasteiger partial charge in [0.05, 0.1) is 24.7 Å². The molecule has 6 nitrogen and oxygen atoms in total. The van der Waals surface area contributed by atoms with Gasteiger partial charge in [-0.2, -0.15) is 0 Å². The van der Waals surface area contributed by atoms with Crippen LogP contribution in [0.5, 0.6) is 0 Å². The van der Waals surface area contributed by atoms with Crippen LogP contribution in [0.25, 0.3) is 11.4 Å². The molecule has 1 heterocycles. The molecule has 1 aromatic heterocycles. The van der Waals surface area contributed by atoms with Crippen LogP contribution in [0.3, 0.4) is 0 Å². The van der Waals surface area contributed by atoms with Crippen LogP contribution in [0, 0.1) is 0 Å². The number of ether oxygens (including phenoxy) is 1. The van der Waals surface area contributed by atoms with Crippen molar-refractivity contribution in [2.45, 2.75) is 6.04 Å². The van der Waals surface area contributed by atoms with Crippen LogP contribution < -0.4 is 11.1 Å². The van der Waals surface area contributed by atoms with Gasteiger partial charge in [-0.05, 0) is 0 Å². The Balaban J connectivity index is 2.04. The summed E-state index contributed by atoms with van der Waals surface area (Å²) in [6.45, 7) is 0.161. The first-order chi connectivity index (χ1) is 9.70. The highest BCUT2D eigenvalue weighted by atomic mass is 16.5. The minimum absolute atomic E-state index is 0.161. The number of amides is 1. The smallest absolute Gasteiger partial charge is 0.243 e. The third kappa shape index (κ3) is 3.59. The minimum atomic E-state index is -0.714. The summed E-state index contributed by atoms with van der Waals surface area (Å²) >= 11 is 0. The van der Waals surface area contributed by atoms with Gasteiger partial charge in [-0.1, -0.05) is 30.3 Å². The standard InChI is InChI=1S/C14H16N4O2/c1-20-9-12(15)14(19)18-11-7-16-13(17-8-11)10-5-3-2-4-6-10/h2-8,12H,9,15H2,1H3,(H,18,19). The summed E-state index contributed by atoms with van der Waals surface area (Å²) < 4.78 is 4.82. The van der Waals surface area contributed by atoms with E-state index in [4.69, 9.17) is 10.5 Å². The van der Waals surface area contributed by atoms with Gasteiger partial charge in [0.1, 0.15) is 6.04 Å². The number of carbonyl (C=O) groups excluding carboxylic acids is 1. The fraction of sp³-hybridized carbons (Fsp3) is 0.214. The van der Waals surface area contributed by atoms with Gasteiger partial charge in [0.2, 0.25) is 5.91 Å². The molecule has 6 heteroatoms. The molecule has 0 saturated carbocycles. The van der Waals surface area contributed by atoms with Crippen molar-refractivity contribution in [2.24, 2.45) is 5.73 Å². The predicted octanol–water partition coefficient (Wildman–Crippen LogP) is 1.06. The van der Waals surface area contributed by atoms with Gasteiger partial charge >= 0.3 is 0 Å². The number of nitrogens with two attached hydrogens (primary N) is 1. The largest absolute Gasteiger partial charge is 0.383 e. The van der Waals surface area contributed by atoms with Crippen molar-refractivity contribution in [1.29, 1.82) is 0 Å². The number of methoxy groups -OCH3 is 1. The van der Waals surface area contributed by atoms with Gasteiger partial charge in [-0.15, -0.1) is 0 Å². The van der Waals surface area contributed by atoms with Gasteiger partial charge < -0.3 is 15.8 Å². The number of rotatable bonds is 5. The average Bonchev–Trinajstić information content (AvgIpc) is 2.49. The van der Waals surface area contributed by atoms with Gasteiger partial charge in [0, 0.05) is 12.7 Å². The van der Waals surface area contributed by atoms with E-state index in [1.807, 2.05) is 30.3 Å². The Hall–Kier alpha value is -2.31. The second kappa shape index (κ2) is 6.74. The Morgan fingerprint density at radius 2 is 1.95 bits per heavy atom. The summed E-state index contributed by atoms with van der Waals surface area (Å²) in [6, 6.07) is 8.88. The van der Waals surface area contributed by atoms with Crippen molar-refractivity contribution < 1.29 is 9.53 Å². The molecule has 0 aliphatic carbocycles. The molecule has 0 aliphatic rings. The van der Waals surface area contributed by atoms with Crippen molar-refractivity contribution in [3.63, 3.8) is 0 Å². The molecule has 1 aromatic carbocycles. The molecule has 0 saturated heterocycles. The number of carbonyl (C=O) groups is 1. The highest BCUT2D eigenvalue weighted by Crippen LogP contribution is 2.14. The zero-order valence-corrected chi connectivity index (χ0v) is 11.1. The average molecular weight is 272 g/mol. The Labute approximate surface area is 117 Å². The van der Waals surface area contributed by atoms with E-state index in [1.165, 1.54) is 7.11 Å². The maximum atomic E-state index is 11.7. The fourth-order valence-corrected chi connectivity index (χ4v) is 1.62. The Morgan fingerprint density at radius 3 is 2.55 bits per heavy atom. The van der Waals surface area contributed by atoms with Crippen LogP contribution in [0.1, 0.15) is 0 Å². The quantitative estimate of drug-likeness (QED) is 0.849. The molecule has 2 rings (SSSR count). The molecule has 3 N–H and O–H groups in total. The highest BCUT2D eigenvalue weighted by Gasteiger charge is 2.13. The molecule has 104 valence electrons. The molecule has 2 aromatic rings. The summed E-state index contributed by atoms with van der Waals surface area (Å²) in [4.78, 5) is 20.1. The summed E-state index contributed by atoms with van der Waals surface area (Å²) in [5.41, 5.74) is 7.04. The Kier molecular flexibility index (Phi) is 4.75. The molecule has 1 amide bonds. The number of benzene rings is 1. The summed E-state index contributed by atoms with van der Waals surface area (Å²) in [5.74, 6) is 0.271. The van der Waals surface area contributed by atoms with Crippen LogP contribution in [0.2, 0.25) is 0 Å². The Morgan fingerprint density at radius 1 is 1.30 bits per heavy atom. The van der Waals surface area contributed by atoms with Crippen LogP contribution >= 0.6 is 0 Å². The van der Waals surface area contributed by atoms with Crippen molar-refractivity contribution >= 4 is 11.6 Å². The van der Waals surface area contributed by atoms with Crippen LogP contribution in [-0.2, 0) is 9.53 Å². The zero-order chi connectivity index (χ0) is 14.4. The summed E-state index contributed by atoms with van der Waals surface area (Å²) in [7, 11) is 1.49. The van der Waals surface area contributed by atoms with Crippen molar-refractivity contribution in [3.05, 3.63) is 42.7 Å². The van der Waals surface area contributed by atoms with E-state index >= 15 is 0 Å². The van der Waals surface area contributed by atoms with Crippen molar-refractivity contribution in [2.75, 3.05) is 19.0 Å². The van der Waals surface area contributed by atoms with Crippen LogP contribution in [-0.4, -0.2) is 35.6 Å². The molecular formula is C14H16N4O2. The lowest BCUT2D eigenvalue weighted by Crippen LogP contribution is -2.39. The van der Waals surface area contributed by atoms with E-state index in [0.717, 1.165) is 5.56 Å². The number of hydrogen-bond donors (Lipinski definition) is 2. The fourth-order valence-electron chi connectivity index (χ4n) is 1.62. The normalized spacial score (nSPS) is 11.9. The highest BCUT2D eigenvalue weighted by molar-refractivity contribution is 5.94. The van der Waals surface area contributed by atoms with Gasteiger partial charge in [-0.3, -0.25) is 4.79 Å². The Bertz CT molecular complexity index is 557. The molecule has 0 radical (unpaired) electrons. The van der Waals surface area contributed by atoms with E-state index < -0.39 is 6.04 Å². The first-order valence-corrected chi connectivity index (χ1v) is 6.13. The van der Waals surface area contributed by atoms with Crippen molar-refractivity contribution in [3.8, 4) is 11.4 Å². The summed E-state index contributed by atoms with van der Waals surface area (Å²) in [5, 5.41) is 2.64. The SMILES string of the molecule is COCC(N)C(=O)Nc1cnc(-c2ccccc2)nc1. The third-order valence-electron chi connectivity index (χ3n) is 2.63.